The molecule has 1 atom stereocenters. The van der Waals surface area contributed by atoms with Crippen LogP contribution in [-0.2, 0) is 11.3 Å². The maximum Gasteiger partial charge on any atom is 0.343 e. The monoisotopic (exact) mass is 470 g/mol. The van der Waals surface area contributed by atoms with Gasteiger partial charge in [0.05, 0.1) is 0 Å². The molecule has 0 spiro atoms. The number of carbonyl (C=O) groups excluding carboxylic acids is 1. The van der Waals surface area contributed by atoms with Gasteiger partial charge in [-0.15, -0.1) is 10.2 Å². The van der Waals surface area contributed by atoms with Gasteiger partial charge in [0.1, 0.15) is 0 Å². The van der Waals surface area contributed by atoms with Crippen LogP contribution in [0.3, 0.4) is 0 Å². The van der Waals surface area contributed by atoms with Gasteiger partial charge in [0, 0.05) is 43.6 Å². The molecule has 0 radical (unpaired) electrons. The van der Waals surface area contributed by atoms with Gasteiger partial charge in [0.2, 0.25) is 17.7 Å². The summed E-state index contributed by atoms with van der Waals surface area (Å²) in [6.45, 7) is 3.80. The van der Waals surface area contributed by atoms with Crippen molar-refractivity contribution in [2.45, 2.75) is 32.7 Å². The summed E-state index contributed by atoms with van der Waals surface area (Å²) in [6.07, 6.45) is 2.94. The first-order valence-corrected chi connectivity index (χ1v) is 12.0. The number of H-pyrrole nitrogens is 1. The molecule has 1 saturated carbocycles. The first kappa shape index (κ1) is 21.5. The number of amides is 1. The molecule has 9 heteroatoms. The molecular weight excluding hydrogens is 444 g/mol. The lowest BCUT2D eigenvalue weighted by Gasteiger charge is -2.16. The van der Waals surface area contributed by atoms with E-state index in [1.165, 1.54) is 0 Å². The normalized spacial score (nSPS) is 17.7. The Morgan fingerprint density at radius 3 is 2.54 bits per heavy atom. The Morgan fingerprint density at radius 2 is 1.80 bits per heavy atom. The molecule has 3 heterocycles. The maximum atomic E-state index is 12.5. The van der Waals surface area contributed by atoms with Gasteiger partial charge in [-0.05, 0) is 48.4 Å². The Bertz CT molecular complexity index is 1430. The smallest absolute Gasteiger partial charge is 0.343 e. The van der Waals surface area contributed by atoms with E-state index >= 15 is 0 Å². The number of nitrogens with zero attached hydrogens (tertiary/aromatic N) is 5. The highest BCUT2D eigenvalue weighted by Crippen LogP contribution is 2.33. The molecule has 9 nitrogen and oxygen atoms in total. The number of rotatable bonds is 6. The second-order valence-corrected chi connectivity index (χ2v) is 9.46. The minimum Gasteiger partial charge on any atom is -0.421 e. The van der Waals surface area contributed by atoms with E-state index in [2.05, 4.69) is 20.4 Å². The van der Waals surface area contributed by atoms with E-state index in [1.807, 2.05) is 53.4 Å². The molecule has 1 N–H and O–H groups in total. The van der Waals surface area contributed by atoms with Crippen LogP contribution in [0.15, 0.2) is 57.7 Å². The van der Waals surface area contributed by atoms with Crippen molar-refractivity contribution in [2.24, 2.45) is 11.8 Å². The van der Waals surface area contributed by atoms with E-state index in [0.29, 0.717) is 30.7 Å². The lowest BCUT2D eigenvalue weighted by Crippen LogP contribution is -2.31. The van der Waals surface area contributed by atoms with E-state index in [4.69, 9.17) is 4.42 Å². The Hall–Kier alpha value is -4.01. The van der Waals surface area contributed by atoms with Crippen molar-refractivity contribution in [1.29, 1.82) is 0 Å². The number of aromatic amines is 1. The highest BCUT2D eigenvalue weighted by molar-refractivity contribution is 5.81. The SMILES string of the molecule is Cc1nnc(-c2cccc(-c3ccc(-c4n[nH]c(=O)n4C[C@@H]4CCN(C(=O)C5CC5)C4)cc3)c2)o1. The van der Waals surface area contributed by atoms with Crippen LogP contribution in [0.4, 0.5) is 0 Å². The van der Waals surface area contributed by atoms with Crippen molar-refractivity contribution in [3.05, 3.63) is 64.9 Å². The van der Waals surface area contributed by atoms with E-state index in [0.717, 1.165) is 48.1 Å². The third-order valence-electron chi connectivity index (χ3n) is 6.84. The first-order valence-electron chi connectivity index (χ1n) is 12.0. The minimum atomic E-state index is -0.224. The highest BCUT2D eigenvalue weighted by Gasteiger charge is 2.36. The van der Waals surface area contributed by atoms with Gasteiger partial charge < -0.3 is 9.32 Å². The number of aryl methyl sites for hydroxylation is 1. The van der Waals surface area contributed by atoms with Crippen molar-refractivity contribution in [2.75, 3.05) is 13.1 Å². The molecule has 1 aliphatic carbocycles. The molecule has 178 valence electrons. The fraction of sp³-hybridized carbons (Fsp3) is 0.346. The summed E-state index contributed by atoms with van der Waals surface area (Å²) >= 11 is 0. The molecule has 0 unspecified atom stereocenters. The molecule has 0 bridgehead atoms. The van der Waals surface area contributed by atoms with E-state index in [9.17, 15) is 9.59 Å². The van der Waals surface area contributed by atoms with Crippen molar-refractivity contribution < 1.29 is 9.21 Å². The lowest BCUT2D eigenvalue weighted by molar-refractivity contribution is -0.131. The summed E-state index contributed by atoms with van der Waals surface area (Å²) in [5.74, 6) is 2.40. The zero-order valence-corrected chi connectivity index (χ0v) is 19.5. The second kappa shape index (κ2) is 8.65. The zero-order chi connectivity index (χ0) is 23.9. The number of carbonyl (C=O) groups is 1. The number of hydrogen-bond acceptors (Lipinski definition) is 6. The average molecular weight is 471 g/mol. The molecule has 1 saturated heterocycles. The Kier molecular flexibility index (Phi) is 5.32. The van der Waals surface area contributed by atoms with Crippen LogP contribution in [0.2, 0.25) is 0 Å². The van der Waals surface area contributed by atoms with Crippen molar-refractivity contribution in [3.8, 4) is 34.0 Å². The van der Waals surface area contributed by atoms with Gasteiger partial charge in [-0.25, -0.2) is 9.89 Å². The molecule has 1 aliphatic heterocycles. The third-order valence-corrected chi connectivity index (χ3v) is 6.84. The molecule has 1 amide bonds. The fourth-order valence-corrected chi connectivity index (χ4v) is 4.79. The molecule has 4 aromatic rings. The Morgan fingerprint density at radius 1 is 1.03 bits per heavy atom. The van der Waals surface area contributed by atoms with Gasteiger partial charge in [0.25, 0.3) is 0 Å². The van der Waals surface area contributed by atoms with Crippen molar-refractivity contribution >= 4 is 5.91 Å². The van der Waals surface area contributed by atoms with Crippen LogP contribution in [0, 0.1) is 18.8 Å². The second-order valence-electron chi connectivity index (χ2n) is 9.46. The molecule has 6 rings (SSSR count). The number of likely N-dealkylation sites (tertiary alicyclic amines) is 1. The summed E-state index contributed by atoms with van der Waals surface area (Å²) in [5.41, 5.74) is 3.55. The van der Waals surface area contributed by atoms with Crippen molar-refractivity contribution in [3.63, 3.8) is 0 Å². The van der Waals surface area contributed by atoms with E-state index in [-0.39, 0.29) is 23.4 Å². The topological polar surface area (TPSA) is 110 Å². The number of hydrogen-bond donors (Lipinski definition) is 1. The van der Waals surface area contributed by atoms with Crippen molar-refractivity contribution in [1.82, 2.24) is 29.9 Å². The number of nitrogens with one attached hydrogen (secondary N) is 1. The third kappa shape index (κ3) is 4.29. The quantitative estimate of drug-likeness (QED) is 0.462. The zero-order valence-electron chi connectivity index (χ0n) is 19.5. The predicted molar refractivity (Wildman–Crippen MR) is 129 cm³/mol. The van der Waals surface area contributed by atoms with Crippen LogP contribution in [0.1, 0.15) is 25.2 Å². The molecule has 2 fully saturated rings. The maximum absolute atomic E-state index is 12.5. The predicted octanol–water partition coefficient (Wildman–Crippen LogP) is 3.52. The van der Waals surface area contributed by atoms with Gasteiger partial charge in [-0.2, -0.15) is 5.10 Å². The van der Waals surface area contributed by atoms with Crippen LogP contribution in [-0.4, -0.2) is 48.9 Å². The Balaban J connectivity index is 1.20. The van der Waals surface area contributed by atoms with Gasteiger partial charge >= 0.3 is 5.69 Å². The minimum absolute atomic E-state index is 0.224. The summed E-state index contributed by atoms with van der Waals surface area (Å²) in [4.78, 5) is 26.9. The summed E-state index contributed by atoms with van der Waals surface area (Å²) < 4.78 is 7.25. The summed E-state index contributed by atoms with van der Waals surface area (Å²) in [5, 5.41) is 14.9. The van der Waals surface area contributed by atoms with E-state index in [1.54, 1.807) is 11.5 Å². The average Bonchev–Trinajstić information content (AvgIpc) is 3.29. The van der Waals surface area contributed by atoms with E-state index < -0.39 is 0 Å². The molecule has 35 heavy (non-hydrogen) atoms. The molecule has 2 aromatic heterocycles. The van der Waals surface area contributed by atoms with Gasteiger partial charge in [-0.1, -0.05) is 36.4 Å². The summed E-state index contributed by atoms with van der Waals surface area (Å²) in [6, 6.07) is 15.9. The largest absolute Gasteiger partial charge is 0.421 e. The van der Waals surface area contributed by atoms with Crippen LogP contribution < -0.4 is 5.69 Å². The lowest BCUT2D eigenvalue weighted by atomic mass is 10.0. The number of benzene rings is 2. The molecule has 2 aliphatic rings. The molecule has 2 aromatic carbocycles. The number of aromatic nitrogens is 5. The first-order chi connectivity index (χ1) is 17.0. The summed E-state index contributed by atoms with van der Waals surface area (Å²) in [7, 11) is 0. The van der Waals surface area contributed by atoms with Gasteiger partial charge in [0.15, 0.2) is 5.82 Å². The standard InChI is InChI=1S/C26H26N6O3/c1-16-27-29-24(35-16)22-4-2-3-21(13-22)18-5-7-19(8-6-18)23-28-30-26(34)32(23)15-17-11-12-31(14-17)25(33)20-9-10-20/h2-8,13,17,20H,9-12,14-15H2,1H3,(H,30,34)/t17-/m1/s1. The van der Waals surface area contributed by atoms with Crippen LogP contribution >= 0.6 is 0 Å². The fourth-order valence-electron chi connectivity index (χ4n) is 4.79. The van der Waals surface area contributed by atoms with Crippen LogP contribution in [0.25, 0.3) is 34.0 Å². The van der Waals surface area contributed by atoms with Crippen LogP contribution in [0.5, 0.6) is 0 Å². The highest BCUT2D eigenvalue weighted by atomic mass is 16.4. The Labute approximate surface area is 201 Å². The molecular formula is C26H26N6O3. The van der Waals surface area contributed by atoms with Gasteiger partial charge in [-0.3, -0.25) is 9.36 Å².